The van der Waals surface area contributed by atoms with Crippen molar-refractivity contribution in [1.82, 2.24) is 20.1 Å². The Hall–Kier alpha value is -2.02. The average Bonchev–Trinajstić information content (AvgIpc) is 3.04. The van der Waals surface area contributed by atoms with E-state index < -0.39 is 0 Å². The fourth-order valence-electron chi connectivity index (χ4n) is 3.45. The van der Waals surface area contributed by atoms with Crippen LogP contribution in [0.3, 0.4) is 0 Å². The summed E-state index contributed by atoms with van der Waals surface area (Å²) in [5.41, 5.74) is 0.964. The van der Waals surface area contributed by atoms with Crippen LogP contribution in [0.5, 0.6) is 5.75 Å². The topological polar surface area (TPSA) is 69.0 Å². The number of carbonyl (C=O) groups is 1. The molecule has 2 aromatic rings. The Labute approximate surface area is 165 Å². The number of ether oxygens (including phenoxy) is 1. The molecular weight excluding hydrogens is 360 g/mol. The number of nitrogens with one attached hydrogen (secondary N) is 1. The zero-order valence-electron chi connectivity index (χ0n) is 16.4. The van der Waals surface area contributed by atoms with Crippen LogP contribution in [0.2, 0.25) is 0 Å². The van der Waals surface area contributed by atoms with Gasteiger partial charge in [-0.2, -0.15) is 0 Å². The monoisotopic (exact) mass is 388 g/mol. The molecular formula is C20H28N4O2S. The quantitative estimate of drug-likeness (QED) is 0.765. The summed E-state index contributed by atoms with van der Waals surface area (Å²) in [7, 11) is 3.57. The van der Waals surface area contributed by atoms with Crippen LogP contribution in [-0.2, 0) is 11.8 Å². The highest BCUT2D eigenvalue weighted by molar-refractivity contribution is 8.00. The number of rotatable bonds is 6. The Morgan fingerprint density at radius 3 is 2.63 bits per heavy atom. The maximum absolute atomic E-state index is 12.6. The lowest BCUT2D eigenvalue weighted by Gasteiger charge is -2.30. The first-order valence-corrected chi connectivity index (χ1v) is 10.4. The number of hydrogen-bond acceptors (Lipinski definition) is 5. The van der Waals surface area contributed by atoms with Crippen LogP contribution < -0.4 is 10.1 Å². The molecule has 7 heteroatoms. The van der Waals surface area contributed by atoms with Crippen molar-refractivity contribution in [2.24, 2.45) is 13.0 Å². The first-order chi connectivity index (χ1) is 13.0. The molecule has 146 valence electrons. The van der Waals surface area contributed by atoms with Crippen LogP contribution in [0.1, 0.15) is 39.5 Å². The highest BCUT2D eigenvalue weighted by atomic mass is 32.2. The Bertz CT molecular complexity index is 775. The lowest BCUT2D eigenvalue weighted by atomic mass is 9.86. The minimum absolute atomic E-state index is 0.0766. The summed E-state index contributed by atoms with van der Waals surface area (Å²) < 4.78 is 7.13. The summed E-state index contributed by atoms with van der Waals surface area (Å²) in [4.78, 5) is 12.6. The molecule has 1 aromatic heterocycles. The van der Waals surface area contributed by atoms with E-state index in [2.05, 4.69) is 22.4 Å². The molecule has 1 heterocycles. The predicted molar refractivity (Wildman–Crippen MR) is 108 cm³/mol. The van der Waals surface area contributed by atoms with Gasteiger partial charge in [0.25, 0.3) is 0 Å². The molecule has 0 spiro atoms. The van der Waals surface area contributed by atoms with Crippen molar-refractivity contribution in [2.75, 3.05) is 7.11 Å². The second-order valence-electron chi connectivity index (χ2n) is 7.23. The van der Waals surface area contributed by atoms with Gasteiger partial charge in [0.2, 0.25) is 5.91 Å². The van der Waals surface area contributed by atoms with E-state index in [1.54, 1.807) is 7.11 Å². The molecule has 0 unspecified atom stereocenters. The van der Waals surface area contributed by atoms with E-state index in [1.807, 2.05) is 42.8 Å². The second-order valence-corrected chi connectivity index (χ2v) is 8.54. The van der Waals surface area contributed by atoms with Crippen molar-refractivity contribution in [3.8, 4) is 17.1 Å². The highest BCUT2D eigenvalue weighted by Gasteiger charge is 2.26. The number of carbonyl (C=O) groups excluding carboxylic acids is 1. The molecule has 0 radical (unpaired) electrons. The summed E-state index contributed by atoms with van der Waals surface area (Å²) in [6, 6.07) is 8.01. The normalized spacial score (nSPS) is 20.9. The number of thioether (sulfide) groups is 1. The van der Waals surface area contributed by atoms with Gasteiger partial charge < -0.3 is 14.6 Å². The molecule has 1 aromatic carbocycles. The van der Waals surface area contributed by atoms with Gasteiger partial charge in [-0.1, -0.05) is 31.5 Å². The highest BCUT2D eigenvalue weighted by Crippen LogP contribution is 2.28. The molecule has 3 rings (SSSR count). The first kappa shape index (κ1) is 19.7. The Kier molecular flexibility index (Phi) is 6.42. The third-order valence-corrected chi connectivity index (χ3v) is 6.41. The summed E-state index contributed by atoms with van der Waals surface area (Å²) in [5, 5.41) is 12.3. The Morgan fingerprint density at radius 1 is 1.26 bits per heavy atom. The second kappa shape index (κ2) is 8.78. The Balaban J connectivity index is 1.64. The van der Waals surface area contributed by atoms with Crippen LogP contribution in [0.4, 0.5) is 0 Å². The third kappa shape index (κ3) is 4.64. The molecule has 0 bridgehead atoms. The maximum atomic E-state index is 12.6. The SMILES string of the molecule is COc1ccc(-c2nnc(S[C@H](C)C(=O)N[C@@H]3CCCC[C@H]3C)n2C)cc1. The smallest absolute Gasteiger partial charge is 0.233 e. The van der Waals surface area contributed by atoms with Gasteiger partial charge >= 0.3 is 0 Å². The molecule has 1 aliphatic rings. The van der Waals surface area contributed by atoms with Crippen LogP contribution in [0, 0.1) is 5.92 Å². The lowest BCUT2D eigenvalue weighted by molar-refractivity contribution is -0.121. The average molecular weight is 389 g/mol. The molecule has 1 saturated carbocycles. The van der Waals surface area contributed by atoms with Gasteiger partial charge in [0.15, 0.2) is 11.0 Å². The van der Waals surface area contributed by atoms with Crippen molar-refractivity contribution in [2.45, 2.75) is 56.0 Å². The zero-order valence-corrected chi connectivity index (χ0v) is 17.3. The minimum atomic E-state index is -0.217. The largest absolute Gasteiger partial charge is 0.497 e. The maximum Gasteiger partial charge on any atom is 0.233 e. The molecule has 1 amide bonds. The first-order valence-electron chi connectivity index (χ1n) is 9.50. The van der Waals surface area contributed by atoms with E-state index in [0.29, 0.717) is 12.0 Å². The summed E-state index contributed by atoms with van der Waals surface area (Å²) >= 11 is 1.44. The van der Waals surface area contributed by atoms with Crippen LogP contribution in [0.25, 0.3) is 11.4 Å². The van der Waals surface area contributed by atoms with Crippen molar-refractivity contribution < 1.29 is 9.53 Å². The van der Waals surface area contributed by atoms with Gasteiger partial charge in [-0.15, -0.1) is 10.2 Å². The molecule has 1 N–H and O–H groups in total. The van der Waals surface area contributed by atoms with Crippen molar-refractivity contribution in [3.63, 3.8) is 0 Å². The zero-order chi connectivity index (χ0) is 19.4. The van der Waals surface area contributed by atoms with E-state index in [4.69, 9.17) is 4.74 Å². The van der Waals surface area contributed by atoms with Crippen LogP contribution in [-0.4, -0.2) is 39.1 Å². The molecule has 6 nitrogen and oxygen atoms in total. The molecule has 0 saturated heterocycles. The number of hydrogen-bond donors (Lipinski definition) is 1. The summed E-state index contributed by atoms with van der Waals surface area (Å²) in [6.45, 7) is 4.15. The van der Waals surface area contributed by atoms with Crippen LogP contribution >= 0.6 is 11.8 Å². The van der Waals surface area contributed by atoms with E-state index in [-0.39, 0.29) is 11.2 Å². The van der Waals surface area contributed by atoms with Gasteiger partial charge in [0, 0.05) is 18.7 Å². The summed E-state index contributed by atoms with van der Waals surface area (Å²) in [6.07, 6.45) is 4.74. The third-order valence-electron chi connectivity index (χ3n) is 5.27. The molecule has 3 atom stereocenters. The van der Waals surface area contributed by atoms with Crippen molar-refractivity contribution >= 4 is 17.7 Å². The number of benzene rings is 1. The van der Waals surface area contributed by atoms with Gasteiger partial charge in [-0.05, 0) is 49.9 Å². The lowest BCUT2D eigenvalue weighted by Crippen LogP contribution is -2.44. The Morgan fingerprint density at radius 2 is 1.96 bits per heavy atom. The number of aromatic nitrogens is 3. The van der Waals surface area contributed by atoms with Crippen molar-refractivity contribution in [1.29, 1.82) is 0 Å². The fraction of sp³-hybridized carbons (Fsp3) is 0.550. The minimum Gasteiger partial charge on any atom is -0.497 e. The van der Waals surface area contributed by atoms with Crippen molar-refractivity contribution in [3.05, 3.63) is 24.3 Å². The van der Waals surface area contributed by atoms with E-state index in [1.165, 1.54) is 31.0 Å². The molecule has 1 fully saturated rings. The number of methoxy groups -OCH3 is 1. The van der Waals surface area contributed by atoms with Gasteiger partial charge in [0.1, 0.15) is 5.75 Å². The standard InChI is InChI=1S/C20H28N4O2S/c1-13-7-5-6-8-17(13)21-19(25)14(2)27-20-23-22-18(24(20)3)15-9-11-16(26-4)12-10-15/h9-14,17H,5-8H2,1-4H3,(H,21,25)/t13-,14-,17-/m1/s1. The molecule has 0 aliphatic heterocycles. The van der Waals surface area contributed by atoms with Crippen LogP contribution in [0.15, 0.2) is 29.4 Å². The summed E-state index contributed by atoms with van der Waals surface area (Å²) in [5.74, 6) is 2.20. The number of nitrogens with zero attached hydrogens (tertiary/aromatic N) is 3. The fourth-order valence-corrected chi connectivity index (χ4v) is 4.28. The number of amides is 1. The van der Waals surface area contributed by atoms with E-state index in [0.717, 1.165) is 28.7 Å². The van der Waals surface area contributed by atoms with Gasteiger partial charge in [-0.25, -0.2) is 0 Å². The van der Waals surface area contributed by atoms with Gasteiger partial charge in [-0.3, -0.25) is 4.79 Å². The van der Waals surface area contributed by atoms with E-state index in [9.17, 15) is 4.79 Å². The van der Waals surface area contributed by atoms with Gasteiger partial charge in [0.05, 0.1) is 12.4 Å². The molecule has 27 heavy (non-hydrogen) atoms. The predicted octanol–water partition coefficient (Wildman–Crippen LogP) is 3.67. The molecule has 1 aliphatic carbocycles. The van der Waals surface area contributed by atoms with E-state index >= 15 is 0 Å².